The van der Waals surface area contributed by atoms with E-state index in [9.17, 15) is 4.79 Å². The highest BCUT2D eigenvalue weighted by Crippen LogP contribution is 2.28. The van der Waals surface area contributed by atoms with Gasteiger partial charge >= 0.3 is 5.97 Å². The van der Waals surface area contributed by atoms with Gasteiger partial charge < -0.3 is 4.74 Å². The number of benzene rings is 3. The number of carbonyl (C=O) groups is 1. The predicted molar refractivity (Wildman–Crippen MR) is 104 cm³/mol. The first-order valence-corrected chi connectivity index (χ1v) is 8.39. The summed E-state index contributed by atoms with van der Waals surface area (Å²) < 4.78 is 4.89. The van der Waals surface area contributed by atoms with Gasteiger partial charge in [0.15, 0.2) is 0 Å². The van der Waals surface area contributed by atoms with Gasteiger partial charge in [0.2, 0.25) is 0 Å². The van der Waals surface area contributed by atoms with Crippen molar-refractivity contribution in [2.24, 2.45) is 0 Å². The van der Waals surface area contributed by atoms with Crippen molar-refractivity contribution in [3.05, 3.63) is 90.6 Å². The van der Waals surface area contributed by atoms with Crippen LogP contribution >= 0.6 is 0 Å². The molecular formula is C23H17NO2. The van der Waals surface area contributed by atoms with Crippen LogP contribution in [0.5, 0.6) is 0 Å². The molecule has 0 unspecified atom stereocenters. The molecule has 1 heterocycles. The monoisotopic (exact) mass is 339 g/mol. The summed E-state index contributed by atoms with van der Waals surface area (Å²) in [6.07, 6.45) is 0. The Morgan fingerprint density at radius 1 is 0.731 bits per heavy atom. The van der Waals surface area contributed by atoms with Crippen LogP contribution in [0.2, 0.25) is 0 Å². The first-order valence-electron chi connectivity index (χ1n) is 8.39. The third kappa shape index (κ3) is 3.07. The van der Waals surface area contributed by atoms with Crippen LogP contribution in [0.25, 0.3) is 33.2 Å². The van der Waals surface area contributed by atoms with Crippen LogP contribution in [-0.4, -0.2) is 18.1 Å². The molecule has 0 N–H and O–H groups in total. The second-order valence-corrected chi connectivity index (χ2v) is 6.05. The standard InChI is InChI=1S/C23H17NO2/c1-26-23(25)22-15-20(14-21(24-22)17-8-3-2-4-9-17)19-12-11-16-7-5-6-10-18(16)13-19/h2-15H,1H3. The van der Waals surface area contributed by atoms with Gasteiger partial charge in [-0.1, -0.05) is 66.7 Å². The van der Waals surface area contributed by atoms with Crippen LogP contribution in [0.15, 0.2) is 84.9 Å². The van der Waals surface area contributed by atoms with E-state index < -0.39 is 5.97 Å². The van der Waals surface area contributed by atoms with Crippen LogP contribution < -0.4 is 0 Å². The van der Waals surface area contributed by atoms with Crippen LogP contribution in [0.3, 0.4) is 0 Å². The van der Waals surface area contributed by atoms with Crippen LogP contribution in [-0.2, 0) is 4.74 Å². The van der Waals surface area contributed by atoms with E-state index in [0.29, 0.717) is 5.69 Å². The van der Waals surface area contributed by atoms with E-state index in [1.165, 1.54) is 12.5 Å². The van der Waals surface area contributed by atoms with Gasteiger partial charge in [-0.05, 0) is 40.1 Å². The lowest BCUT2D eigenvalue weighted by atomic mass is 9.99. The van der Waals surface area contributed by atoms with Crippen molar-refractivity contribution in [1.29, 1.82) is 0 Å². The van der Waals surface area contributed by atoms with Gasteiger partial charge in [0, 0.05) is 5.56 Å². The van der Waals surface area contributed by atoms with E-state index in [4.69, 9.17) is 4.74 Å². The summed E-state index contributed by atoms with van der Waals surface area (Å²) in [6, 6.07) is 28.1. The van der Waals surface area contributed by atoms with E-state index in [0.717, 1.165) is 27.8 Å². The normalized spacial score (nSPS) is 10.7. The van der Waals surface area contributed by atoms with Crippen molar-refractivity contribution >= 4 is 16.7 Å². The first-order chi connectivity index (χ1) is 12.7. The van der Waals surface area contributed by atoms with E-state index in [1.807, 2.05) is 48.5 Å². The lowest BCUT2D eigenvalue weighted by Crippen LogP contribution is -2.05. The molecule has 3 aromatic carbocycles. The Hall–Kier alpha value is -3.46. The van der Waals surface area contributed by atoms with Gasteiger partial charge in [-0.3, -0.25) is 0 Å². The molecule has 0 radical (unpaired) electrons. The summed E-state index contributed by atoms with van der Waals surface area (Å²) in [5.74, 6) is -0.440. The Morgan fingerprint density at radius 3 is 2.23 bits per heavy atom. The Balaban J connectivity index is 1.90. The Labute approximate surface area is 151 Å². The molecule has 0 amide bonds. The average Bonchev–Trinajstić information content (AvgIpc) is 2.73. The molecule has 0 bridgehead atoms. The average molecular weight is 339 g/mol. The predicted octanol–water partition coefficient (Wildman–Crippen LogP) is 5.36. The zero-order chi connectivity index (χ0) is 17.9. The van der Waals surface area contributed by atoms with E-state index in [2.05, 4.69) is 35.3 Å². The number of hydrogen-bond donors (Lipinski definition) is 0. The highest BCUT2D eigenvalue weighted by molar-refractivity contribution is 5.92. The summed E-state index contributed by atoms with van der Waals surface area (Å²) in [5, 5.41) is 2.34. The lowest BCUT2D eigenvalue weighted by Gasteiger charge is -2.10. The van der Waals surface area contributed by atoms with E-state index in [-0.39, 0.29) is 0 Å². The van der Waals surface area contributed by atoms with Gasteiger partial charge in [0.25, 0.3) is 0 Å². The maximum Gasteiger partial charge on any atom is 0.356 e. The molecule has 0 aliphatic heterocycles. The number of ether oxygens (including phenoxy) is 1. The van der Waals surface area contributed by atoms with Gasteiger partial charge in [-0.25, -0.2) is 9.78 Å². The maximum absolute atomic E-state index is 12.1. The molecule has 3 nitrogen and oxygen atoms in total. The second kappa shape index (κ2) is 6.81. The number of fused-ring (bicyclic) bond motifs is 1. The third-order valence-electron chi connectivity index (χ3n) is 4.37. The fraction of sp³-hybridized carbons (Fsp3) is 0.0435. The Morgan fingerprint density at radius 2 is 1.46 bits per heavy atom. The molecule has 0 atom stereocenters. The van der Waals surface area contributed by atoms with Crippen molar-refractivity contribution in [3.63, 3.8) is 0 Å². The van der Waals surface area contributed by atoms with Crippen molar-refractivity contribution < 1.29 is 9.53 Å². The van der Waals surface area contributed by atoms with Crippen LogP contribution in [0.4, 0.5) is 0 Å². The SMILES string of the molecule is COC(=O)c1cc(-c2ccc3ccccc3c2)cc(-c2ccccc2)n1. The smallest absolute Gasteiger partial charge is 0.356 e. The minimum atomic E-state index is -0.440. The molecule has 1 aromatic heterocycles. The number of esters is 1. The molecule has 0 saturated carbocycles. The third-order valence-corrected chi connectivity index (χ3v) is 4.37. The molecule has 3 heteroatoms. The maximum atomic E-state index is 12.1. The second-order valence-electron chi connectivity index (χ2n) is 6.05. The van der Waals surface area contributed by atoms with Gasteiger partial charge in [0.05, 0.1) is 12.8 Å². The number of aromatic nitrogens is 1. The topological polar surface area (TPSA) is 39.2 Å². The van der Waals surface area contributed by atoms with Crippen LogP contribution in [0.1, 0.15) is 10.5 Å². The van der Waals surface area contributed by atoms with Gasteiger partial charge in [-0.2, -0.15) is 0 Å². The molecule has 0 spiro atoms. The fourth-order valence-electron chi connectivity index (χ4n) is 3.03. The highest BCUT2D eigenvalue weighted by Gasteiger charge is 2.13. The molecule has 0 saturated heterocycles. The first kappa shape index (κ1) is 16.0. The quantitative estimate of drug-likeness (QED) is 0.472. The summed E-state index contributed by atoms with van der Waals surface area (Å²) in [5.41, 5.74) is 3.98. The number of carbonyl (C=O) groups excluding carboxylic acids is 1. The number of pyridine rings is 1. The van der Waals surface area contributed by atoms with Crippen molar-refractivity contribution in [3.8, 4) is 22.4 Å². The number of nitrogens with zero attached hydrogens (tertiary/aromatic N) is 1. The van der Waals surface area contributed by atoms with Gasteiger partial charge in [-0.15, -0.1) is 0 Å². The van der Waals surface area contributed by atoms with Crippen molar-refractivity contribution in [2.45, 2.75) is 0 Å². The number of methoxy groups -OCH3 is 1. The van der Waals surface area contributed by atoms with E-state index in [1.54, 1.807) is 6.07 Å². The minimum Gasteiger partial charge on any atom is -0.464 e. The van der Waals surface area contributed by atoms with Crippen molar-refractivity contribution in [1.82, 2.24) is 4.98 Å². The Kier molecular flexibility index (Phi) is 4.20. The molecule has 126 valence electrons. The molecule has 0 aliphatic carbocycles. The summed E-state index contributed by atoms with van der Waals surface area (Å²) in [4.78, 5) is 16.6. The summed E-state index contributed by atoms with van der Waals surface area (Å²) >= 11 is 0. The zero-order valence-corrected chi connectivity index (χ0v) is 14.3. The van der Waals surface area contributed by atoms with Crippen molar-refractivity contribution in [2.75, 3.05) is 7.11 Å². The lowest BCUT2D eigenvalue weighted by molar-refractivity contribution is 0.0594. The largest absolute Gasteiger partial charge is 0.464 e. The molecule has 4 aromatic rings. The summed E-state index contributed by atoms with van der Waals surface area (Å²) in [6.45, 7) is 0. The minimum absolute atomic E-state index is 0.303. The molecule has 0 fully saturated rings. The van der Waals surface area contributed by atoms with Gasteiger partial charge in [0.1, 0.15) is 5.69 Å². The molecular weight excluding hydrogens is 322 g/mol. The molecule has 0 aliphatic rings. The molecule has 4 rings (SSSR count). The Bertz CT molecular complexity index is 1090. The van der Waals surface area contributed by atoms with Crippen LogP contribution in [0, 0.1) is 0 Å². The number of rotatable bonds is 3. The summed E-state index contributed by atoms with van der Waals surface area (Å²) in [7, 11) is 1.37. The fourth-order valence-corrected chi connectivity index (χ4v) is 3.03. The van der Waals surface area contributed by atoms with E-state index >= 15 is 0 Å². The molecule has 26 heavy (non-hydrogen) atoms. The number of hydrogen-bond acceptors (Lipinski definition) is 3. The highest BCUT2D eigenvalue weighted by atomic mass is 16.5. The zero-order valence-electron chi connectivity index (χ0n) is 14.3.